The summed E-state index contributed by atoms with van der Waals surface area (Å²) >= 11 is 27.8. The Hall–Kier alpha value is -0.160. The van der Waals surface area contributed by atoms with E-state index in [1.165, 1.54) is 49.5 Å². The molecule has 0 aliphatic carbocycles. The van der Waals surface area contributed by atoms with Crippen molar-refractivity contribution in [2.45, 2.75) is 98.0 Å². The second-order valence-corrected chi connectivity index (χ2v) is 30.5. The summed E-state index contributed by atoms with van der Waals surface area (Å²) in [5.41, 5.74) is 9.74. The fourth-order valence-electron chi connectivity index (χ4n) is 10.1. The number of hydrogen-bond donors (Lipinski definition) is 0. The van der Waals surface area contributed by atoms with Crippen LogP contribution in [-0.4, -0.2) is 9.93 Å². The minimum atomic E-state index is -4.20. The van der Waals surface area contributed by atoms with Gasteiger partial charge in [-0.3, -0.25) is 0 Å². The summed E-state index contributed by atoms with van der Waals surface area (Å²) < 4.78 is 23.9. The average molecular weight is 786 g/mol. The summed E-state index contributed by atoms with van der Waals surface area (Å²) in [5.74, 6) is 0.828. The molecule has 9 rings (SSSR count). The molecule has 3 nitrogen and oxygen atoms in total. The molecule has 6 bridgehead atoms. The topological polar surface area (TPSA) is 27.7 Å². The normalized spacial score (nSPS) is 32.9. The van der Waals surface area contributed by atoms with Crippen LogP contribution in [0, 0.1) is 52.4 Å². The van der Waals surface area contributed by atoms with Crippen LogP contribution < -0.4 is 9.05 Å². The Balaban J connectivity index is 1.64. The van der Waals surface area contributed by atoms with Crippen molar-refractivity contribution in [1.29, 1.82) is 0 Å². The first-order chi connectivity index (χ1) is 21.6. The van der Waals surface area contributed by atoms with Gasteiger partial charge in [0.05, 0.1) is 0 Å². The van der Waals surface area contributed by atoms with Crippen LogP contribution in [-0.2, 0) is 14.5 Å². The summed E-state index contributed by atoms with van der Waals surface area (Å²) in [6, 6.07) is 9.30. The third kappa shape index (κ3) is 3.24. The molecule has 47 heavy (non-hydrogen) atoms. The van der Waals surface area contributed by atoms with Crippen molar-refractivity contribution in [3.63, 3.8) is 0 Å². The number of fused-ring (bicyclic) bond motifs is 1. The van der Waals surface area contributed by atoms with Gasteiger partial charge in [0.15, 0.2) is 0 Å². The van der Waals surface area contributed by atoms with Crippen LogP contribution in [0.4, 0.5) is 0 Å². The van der Waals surface area contributed by atoms with Gasteiger partial charge in [-0.1, -0.05) is 0 Å². The summed E-state index contributed by atoms with van der Waals surface area (Å²) in [5, 5.41) is 1.51. The SMILES string of the molecule is Cc1cc(C)c(C23P4C(C(C)(C)C)=PP56(Oc7c(Cl)c(Cl)c(Cl)c(Cl)c7O5)C4(c4c(C)cc(C)cc4C)OP2C36C(C)(C)C)c(C)c1. The van der Waals surface area contributed by atoms with Crippen molar-refractivity contribution in [2.75, 3.05) is 0 Å². The number of hydrogen-bond acceptors (Lipinski definition) is 3. The van der Waals surface area contributed by atoms with Gasteiger partial charge in [-0.05, 0) is 0 Å². The molecule has 0 amide bonds. The van der Waals surface area contributed by atoms with E-state index in [1.54, 1.807) is 0 Å². The minimum absolute atomic E-state index is 0.155. The third-order valence-corrected chi connectivity index (χ3v) is 36.2. The molecule has 6 aliphatic rings. The fourth-order valence-corrected chi connectivity index (χ4v) is 46.9. The van der Waals surface area contributed by atoms with Crippen LogP contribution in [0.1, 0.15) is 86.1 Å². The molecule has 0 N–H and O–H groups in total. The Labute approximate surface area is 303 Å². The molecule has 6 heterocycles. The van der Waals surface area contributed by atoms with E-state index in [0.717, 1.165) is 7.89 Å². The molecule has 3 aromatic rings. The first kappa shape index (κ1) is 34.0. The standard InChI is InChI=1S/C36H40Cl4O3P4/c1-17-13-19(3)23(20(4)14-17)34-36(33(10,11)12)46(34)43-35(24-21(5)15-18(2)16-22(24)6)45(34)31(32(7,8)9)44-47(35,36)41-29-27(39)25(37)26(38)28(40)30(29)42-47/h13-16H,1-12H3. The van der Waals surface area contributed by atoms with Gasteiger partial charge in [-0.15, -0.1) is 0 Å². The number of aryl methyl sites for hydroxylation is 6. The molecular formula is C36H40Cl4O3P4. The Morgan fingerprint density at radius 1 is 0.660 bits per heavy atom. The average Bonchev–Trinajstić information content (AvgIpc) is 3.22. The zero-order chi connectivity index (χ0) is 34.4. The van der Waals surface area contributed by atoms with Crippen LogP contribution >= 0.6 is 77.1 Å². The third-order valence-electron chi connectivity index (χ3n) is 10.9. The van der Waals surface area contributed by atoms with E-state index in [4.69, 9.17) is 60.0 Å². The van der Waals surface area contributed by atoms with E-state index in [0.29, 0.717) is 11.5 Å². The maximum absolute atomic E-state index is 8.05. The molecule has 4 saturated heterocycles. The second kappa shape index (κ2) is 9.43. The van der Waals surface area contributed by atoms with Crippen molar-refractivity contribution in [1.82, 2.24) is 0 Å². The van der Waals surface area contributed by atoms with Crippen molar-refractivity contribution < 1.29 is 13.6 Å². The summed E-state index contributed by atoms with van der Waals surface area (Å²) in [6.45, 7) is 23.4. The predicted molar refractivity (Wildman–Crippen MR) is 208 cm³/mol. The first-order valence-corrected chi connectivity index (χ1v) is 23.7. The Bertz CT molecular complexity index is 1980. The van der Waals surface area contributed by atoms with Crippen molar-refractivity contribution in [2.24, 2.45) is 10.8 Å². The van der Waals surface area contributed by atoms with Crippen molar-refractivity contribution in [3.05, 3.63) is 88.9 Å². The molecule has 250 valence electrons. The van der Waals surface area contributed by atoms with Crippen LogP contribution in [0.3, 0.4) is 0 Å². The van der Waals surface area contributed by atoms with Gasteiger partial charge in [0.25, 0.3) is 0 Å². The molecular weight excluding hydrogens is 746 g/mol. The van der Waals surface area contributed by atoms with Crippen LogP contribution in [0.5, 0.6) is 11.5 Å². The molecule has 0 aromatic heterocycles. The molecule has 5 unspecified atom stereocenters. The van der Waals surface area contributed by atoms with Gasteiger partial charge in [0.2, 0.25) is 0 Å². The summed E-state index contributed by atoms with van der Waals surface area (Å²) in [4.78, 5) is -0.746. The van der Waals surface area contributed by atoms with Gasteiger partial charge in [0, 0.05) is 0 Å². The molecule has 5 atom stereocenters. The van der Waals surface area contributed by atoms with Crippen molar-refractivity contribution >= 4 is 82.1 Å². The van der Waals surface area contributed by atoms with Gasteiger partial charge < -0.3 is 0 Å². The van der Waals surface area contributed by atoms with E-state index >= 15 is 0 Å². The van der Waals surface area contributed by atoms with Crippen molar-refractivity contribution in [3.8, 4) is 11.5 Å². The van der Waals surface area contributed by atoms with E-state index in [-0.39, 0.29) is 35.8 Å². The molecule has 0 radical (unpaired) electrons. The van der Waals surface area contributed by atoms with E-state index < -0.39 is 32.8 Å². The molecule has 4 fully saturated rings. The molecule has 0 saturated carbocycles. The zero-order valence-electron chi connectivity index (χ0n) is 28.8. The van der Waals surface area contributed by atoms with E-state index in [1.807, 2.05) is 0 Å². The van der Waals surface area contributed by atoms with Crippen LogP contribution in [0.15, 0.2) is 24.3 Å². The zero-order valence-corrected chi connectivity index (χ0v) is 35.4. The Kier molecular flexibility index (Phi) is 6.82. The summed E-state index contributed by atoms with van der Waals surface area (Å²) in [6.07, 6.45) is 0. The monoisotopic (exact) mass is 784 g/mol. The predicted octanol–water partition coefficient (Wildman–Crippen LogP) is 14.7. The number of rotatable bonds is 2. The number of halogens is 4. The second-order valence-electron chi connectivity index (χ2n) is 16.2. The fraction of sp³-hybridized carbons (Fsp3) is 0.472. The summed E-state index contributed by atoms with van der Waals surface area (Å²) in [7, 11) is -1.07. The molecule has 1 spiro atoms. The van der Waals surface area contributed by atoms with Crippen LogP contribution in [0.2, 0.25) is 20.1 Å². The molecule has 6 aliphatic heterocycles. The Morgan fingerprint density at radius 2 is 1.09 bits per heavy atom. The van der Waals surface area contributed by atoms with Crippen LogP contribution in [0.25, 0.3) is 0 Å². The van der Waals surface area contributed by atoms with E-state index in [2.05, 4.69) is 107 Å². The van der Waals surface area contributed by atoms with E-state index in [9.17, 15) is 0 Å². The quantitative estimate of drug-likeness (QED) is 0.147. The van der Waals surface area contributed by atoms with Gasteiger partial charge in [-0.25, -0.2) is 0 Å². The first-order valence-electron chi connectivity index (χ1n) is 16.0. The molecule has 11 heteroatoms. The van der Waals surface area contributed by atoms with Gasteiger partial charge >= 0.3 is 305 Å². The number of benzene rings is 3. The van der Waals surface area contributed by atoms with Gasteiger partial charge in [-0.2, -0.15) is 0 Å². The molecule has 3 aromatic carbocycles. The maximum atomic E-state index is 8.05. The Morgan fingerprint density at radius 3 is 1.49 bits per heavy atom. The van der Waals surface area contributed by atoms with Gasteiger partial charge in [0.1, 0.15) is 0 Å².